The van der Waals surface area contributed by atoms with Crippen molar-refractivity contribution in [2.75, 3.05) is 13.1 Å². The minimum absolute atomic E-state index is 0.729. The summed E-state index contributed by atoms with van der Waals surface area (Å²) >= 11 is 10.7. The van der Waals surface area contributed by atoms with Crippen LogP contribution in [-0.4, -0.2) is 20.9 Å². The predicted octanol–water partition coefficient (Wildman–Crippen LogP) is 3.75. The molecule has 0 aromatic rings. The SMILES string of the molecule is CCCCN(CCCC)SC(=S)S. The van der Waals surface area contributed by atoms with Crippen LogP contribution in [-0.2, 0) is 0 Å². The third-order valence-corrected chi connectivity index (χ3v) is 2.98. The van der Waals surface area contributed by atoms with Gasteiger partial charge in [-0.3, -0.25) is 0 Å². The number of rotatable bonds is 7. The van der Waals surface area contributed by atoms with E-state index in [2.05, 4.69) is 30.8 Å². The van der Waals surface area contributed by atoms with Gasteiger partial charge in [0, 0.05) is 13.1 Å². The number of hydrogen-bond donors (Lipinski definition) is 1. The van der Waals surface area contributed by atoms with Gasteiger partial charge >= 0.3 is 0 Å². The molecule has 0 rings (SSSR count). The van der Waals surface area contributed by atoms with Crippen LogP contribution in [0, 0.1) is 0 Å². The number of thiol groups is 1. The lowest BCUT2D eigenvalue weighted by molar-refractivity contribution is 0.447. The summed E-state index contributed by atoms with van der Waals surface area (Å²) in [5.74, 6) is 0. The third kappa shape index (κ3) is 9.06. The fourth-order valence-corrected chi connectivity index (χ4v) is 2.31. The first kappa shape index (κ1) is 13.8. The molecule has 0 aromatic heterocycles. The molecule has 13 heavy (non-hydrogen) atoms. The molecule has 0 bridgehead atoms. The Kier molecular flexibility index (Phi) is 9.85. The standard InChI is InChI=1S/C9H19NS3/c1-3-5-7-10(8-6-4-2)13-9(11)12/h3-8H2,1-2H3,(H,11,12). The second-order valence-corrected chi connectivity index (χ2v) is 5.82. The minimum atomic E-state index is 0.729. The average Bonchev–Trinajstić information content (AvgIpc) is 2.09. The lowest BCUT2D eigenvalue weighted by Gasteiger charge is -2.19. The summed E-state index contributed by atoms with van der Waals surface area (Å²) in [4.78, 5) is 0. The van der Waals surface area contributed by atoms with Crippen LogP contribution in [0.3, 0.4) is 0 Å². The maximum Gasteiger partial charge on any atom is 0.116 e. The third-order valence-electron chi connectivity index (χ3n) is 1.73. The number of nitrogens with zero attached hydrogens (tertiary/aromatic N) is 1. The molecule has 1 nitrogen and oxygen atoms in total. The fourth-order valence-electron chi connectivity index (χ4n) is 0.982. The van der Waals surface area contributed by atoms with E-state index >= 15 is 0 Å². The zero-order chi connectivity index (χ0) is 10.1. The molecule has 0 unspecified atom stereocenters. The first-order chi connectivity index (χ1) is 6.20. The first-order valence-corrected chi connectivity index (χ1v) is 6.49. The molecule has 0 aliphatic carbocycles. The van der Waals surface area contributed by atoms with Crippen LogP contribution >= 0.6 is 36.8 Å². The summed E-state index contributed by atoms with van der Waals surface area (Å²) < 4.78 is 3.05. The molecule has 78 valence electrons. The quantitative estimate of drug-likeness (QED) is 0.408. The van der Waals surface area contributed by atoms with Gasteiger partial charge in [-0.2, -0.15) is 0 Å². The topological polar surface area (TPSA) is 3.24 Å². The van der Waals surface area contributed by atoms with Crippen LogP contribution in [0.25, 0.3) is 0 Å². The molecule has 0 aromatic carbocycles. The molecule has 0 amide bonds. The van der Waals surface area contributed by atoms with Crippen molar-refractivity contribution in [2.45, 2.75) is 39.5 Å². The molecule has 0 atom stereocenters. The number of thiocarbonyl (C=S) groups is 1. The van der Waals surface area contributed by atoms with Crippen LogP contribution in [0.2, 0.25) is 0 Å². The van der Waals surface area contributed by atoms with Crippen molar-refractivity contribution in [3.8, 4) is 0 Å². The summed E-state index contributed by atoms with van der Waals surface area (Å²) in [6.07, 6.45) is 4.96. The molecular formula is C9H19NS3. The molecule has 0 saturated heterocycles. The summed E-state index contributed by atoms with van der Waals surface area (Å²) in [5.41, 5.74) is 0. The van der Waals surface area contributed by atoms with Gasteiger partial charge in [0.05, 0.1) is 0 Å². The Bertz CT molecular complexity index is 131. The van der Waals surface area contributed by atoms with E-state index in [0.29, 0.717) is 0 Å². The molecular weight excluding hydrogens is 218 g/mol. The fraction of sp³-hybridized carbons (Fsp3) is 0.889. The van der Waals surface area contributed by atoms with Crippen molar-refractivity contribution < 1.29 is 0 Å². The summed E-state index contributed by atoms with van der Waals surface area (Å²) in [5, 5.41) is 0. The van der Waals surface area contributed by atoms with Gasteiger partial charge in [0.25, 0.3) is 0 Å². The van der Waals surface area contributed by atoms with Crippen LogP contribution in [0.15, 0.2) is 0 Å². The summed E-state index contributed by atoms with van der Waals surface area (Å²) in [6.45, 7) is 6.67. The Morgan fingerprint density at radius 2 is 1.69 bits per heavy atom. The van der Waals surface area contributed by atoms with E-state index in [0.717, 1.165) is 16.6 Å². The molecule has 0 heterocycles. The molecule has 0 aliphatic rings. The zero-order valence-electron chi connectivity index (χ0n) is 8.45. The van der Waals surface area contributed by atoms with Crippen molar-refractivity contribution in [3.05, 3.63) is 0 Å². The van der Waals surface area contributed by atoms with Gasteiger partial charge in [-0.05, 0) is 24.8 Å². The maximum atomic E-state index is 4.96. The molecule has 0 N–H and O–H groups in total. The Balaban J connectivity index is 3.66. The molecule has 0 fully saturated rings. The molecule has 0 saturated carbocycles. The van der Waals surface area contributed by atoms with Crippen LogP contribution in [0.4, 0.5) is 0 Å². The lowest BCUT2D eigenvalue weighted by Crippen LogP contribution is -2.19. The van der Waals surface area contributed by atoms with Gasteiger partial charge in [-0.1, -0.05) is 38.9 Å². The van der Waals surface area contributed by atoms with Crippen molar-refractivity contribution in [1.29, 1.82) is 0 Å². The van der Waals surface area contributed by atoms with Gasteiger partial charge < -0.3 is 0 Å². The van der Waals surface area contributed by atoms with Crippen molar-refractivity contribution in [1.82, 2.24) is 4.31 Å². The summed E-state index contributed by atoms with van der Waals surface area (Å²) in [7, 11) is 0. The highest BCUT2D eigenvalue weighted by Gasteiger charge is 2.05. The summed E-state index contributed by atoms with van der Waals surface area (Å²) in [6, 6.07) is 0. The van der Waals surface area contributed by atoms with E-state index in [1.807, 2.05) is 0 Å². The van der Waals surface area contributed by atoms with E-state index < -0.39 is 0 Å². The molecule has 4 heteroatoms. The second-order valence-electron chi connectivity index (χ2n) is 2.99. The Hall–Kier alpha value is 0.750. The van der Waals surface area contributed by atoms with Gasteiger partial charge in [0.1, 0.15) is 3.53 Å². The van der Waals surface area contributed by atoms with Gasteiger partial charge in [-0.25, -0.2) is 4.31 Å². The average molecular weight is 237 g/mol. The van der Waals surface area contributed by atoms with Crippen LogP contribution < -0.4 is 0 Å². The first-order valence-electron chi connectivity index (χ1n) is 4.86. The van der Waals surface area contributed by atoms with Crippen LogP contribution in [0.5, 0.6) is 0 Å². The molecule has 0 spiro atoms. The number of hydrogen-bond acceptors (Lipinski definition) is 3. The van der Waals surface area contributed by atoms with E-state index in [9.17, 15) is 0 Å². The predicted molar refractivity (Wildman–Crippen MR) is 70.6 cm³/mol. The van der Waals surface area contributed by atoms with E-state index in [1.165, 1.54) is 25.7 Å². The number of unbranched alkanes of at least 4 members (excludes halogenated alkanes) is 2. The van der Waals surface area contributed by atoms with Gasteiger partial charge in [-0.15, -0.1) is 12.6 Å². The Morgan fingerprint density at radius 1 is 1.23 bits per heavy atom. The highest BCUT2D eigenvalue weighted by molar-refractivity contribution is 8.40. The van der Waals surface area contributed by atoms with Crippen LogP contribution in [0.1, 0.15) is 39.5 Å². The Labute approximate surface area is 97.2 Å². The second kappa shape index (κ2) is 9.31. The molecule has 0 aliphatic heterocycles. The largest absolute Gasteiger partial charge is 0.245 e. The highest BCUT2D eigenvalue weighted by Crippen LogP contribution is 2.16. The van der Waals surface area contributed by atoms with Crippen molar-refractivity contribution in [3.63, 3.8) is 0 Å². The zero-order valence-corrected chi connectivity index (χ0v) is 11.0. The van der Waals surface area contributed by atoms with Crippen molar-refractivity contribution >= 4 is 40.3 Å². The molecule has 0 radical (unpaired) electrons. The lowest BCUT2D eigenvalue weighted by atomic mass is 10.3. The van der Waals surface area contributed by atoms with E-state index in [4.69, 9.17) is 12.2 Å². The van der Waals surface area contributed by atoms with E-state index in [-0.39, 0.29) is 0 Å². The smallest absolute Gasteiger partial charge is 0.116 e. The van der Waals surface area contributed by atoms with Gasteiger partial charge in [0.2, 0.25) is 0 Å². The van der Waals surface area contributed by atoms with E-state index in [1.54, 1.807) is 11.9 Å². The minimum Gasteiger partial charge on any atom is -0.245 e. The normalized spacial score (nSPS) is 10.8. The van der Waals surface area contributed by atoms with Gasteiger partial charge in [0.15, 0.2) is 0 Å². The monoisotopic (exact) mass is 237 g/mol. The highest BCUT2D eigenvalue weighted by atomic mass is 32.2. The Morgan fingerprint density at radius 3 is 2.00 bits per heavy atom. The maximum absolute atomic E-state index is 4.96. The van der Waals surface area contributed by atoms with Crippen molar-refractivity contribution in [2.24, 2.45) is 0 Å².